The van der Waals surface area contributed by atoms with Crippen molar-refractivity contribution in [2.24, 2.45) is 5.73 Å². The normalized spacial score (nSPS) is 24.3. The fraction of sp³-hybridized carbons (Fsp3) is 0.500. The molecule has 5 heteroatoms. The van der Waals surface area contributed by atoms with Crippen LogP contribution in [0, 0.1) is 0 Å². The van der Waals surface area contributed by atoms with E-state index in [2.05, 4.69) is 4.90 Å². The zero-order valence-electron chi connectivity index (χ0n) is 11.1. The molecule has 1 heterocycles. The van der Waals surface area contributed by atoms with Gasteiger partial charge in [-0.2, -0.15) is 0 Å². The highest BCUT2D eigenvalue weighted by Gasteiger charge is 2.25. The van der Waals surface area contributed by atoms with Crippen LogP contribution in [0.15, 0.2) is 24.3 Å². The summed E-state index contributed by atoms with van der Waals surface area (Å²) in [6, 6.07) is 7.36. The van der Waals surface area contributed by atoms with Gasteiger partial charge in [-0.3, -0.25) is 9.69 Å². The molecule has 0 bridgehead atoms. The number of morpholine rings is 1. The molecule has 0 spiro atoms. The van der Waals surface area contributed by atoms with Crippen molar-refractivity contribution >= 4 is 5.91 Å². The van der Waals surface area contributed by atoms with E-state index in [1.54, 1.807) is 6.07 Å². The maximum Gasteiger partial charge on any atom is 0.249 e. The first kappa shape index (κ1) is 14.0. The molecule has 104 valence electrons. The molecule has 1 aromatic rings. The second kappa shape index (κ2) is 6.14. The van der Waals surface area contributed by atoms with Gasteiger partial charge in [0.25, 0.3) is 0 Å². The Morgan fingerprint density at radius 2 is 2.21 bits per heavy atom. The quantitative estimate of drug-likeness (QED) is 0.823. The minimum Gasteiger partial charge on any atom is -0.394 e. The van der Waals surface area contributed by atoms with E-state index in [-0.39, 0.29) is 18.8 Å². The van der Waals surface area contributed by atoms with E-state index in [0.717, 1.165) is 12.1 Å². The molecular formula is C14H20N2O3. The largest absolute Gasteiger partial charge is 0.394 e. The van der Waals surface area contributed by atoms with Crippen molar-refractivity contribution in [2.45, 2.75) is 25.7 Å². The standard InChI is InChI=1S/C14H20N2O3/c1-10-6-16(8-12(9-17)19-10)7-11-4-2-3-5-13(11)14(15)18/h2-5,10,12,17H,6-9H2,1H3,(H2,15,18). The zero-order chi connectivity index (χ0) is 13.8. The Kier molecular flexibility index (Phi) is 4.52. The van der Waals surface area contributed by atoms with Gasteiger partial charge in [-0.15, -0.1) is 0 Å². The summed E-state index contributed by atoms with van der Waals surface area (Å²) in [4.78, 5) is 13.6. The summed E-state index contributed by atoms with van der Waals surface area (Å²) < 4.78 is 5.60. The zero-order valence-corrected chi connectivity index (χ0v) is 11.1. The van der Waals surface area contributed by atoms with Crippen molar-refractivity contribution < 1.29 is 14.6 Å². The van der Waals surface area contributed by atoms with Crippen LogP contribution in [0.1, 0.15) is 22.8 Å². The van der Waals surface area contributed by atoms with Crippen LogP contribution in [0.25, 0.3) is 0 Å². The lowest BCUT2D eigenvalue weighted by atomic mass is 10.1. The van der Waals surface area contributed by atoms with Crippen LogP contribution >= 0.6 is 0 Å². The highest BCUT2D eigenvalue weighted by molar-refractivity contribution is 5.94. The highest BCUT2D eigenvalue weighted by Crippen LogP contribution is 2.16. The van der Waals surface area contributed by atoms with Gasteiger partial charge in [0, 0.05) is 25.2 Å². The SMILES string of the molecule is CC1CN(Cc2ccccc2C(N)=O)CC(CO)O1. The Morgan fingerprint density at radius 1 is 1.47 bits per heavy atom. The number of hydrogen-bond donors (Lipinski definition) is 2. The summed E-state index contributed by atoms with van der Waals surface area (Å²) >= 11 is 0. The monoisotopic (exact) mass is 264 g/mol. The third-order valence-corrected chi connectivity index (χ3v) is 3.28. The molecule has 2 unspecified atom stereocenters. The topological polar surface area (TPSA) is 75.8 Å². The molecular weight excluding hydrogens is 244 g/mol. The van der Waals surface area contributed by atoms with Gasteiger partial charge < -0.3 is 15.6 Å². The molecule has 1 aliphatic rings. The molecule has 2 atom stereocenters. The molecule has 1 amide bonds. The summed E-state index contributed by atoms with van der Waals surface area (Å²) in [7, 11) is 0. The molecule has 1 fully saturated rings. The van der Waals surface area contributed by atoms with Crippen molar-refractivity contribution in [1.29, 1.82) is 0 Å². The van der Waals surface area contributed by atoms with Crippen molar-refractivity contribution in [3.05, 3.63) is 35.4 Å². The van der Waals surface area contributed by atoms with E-state index >= 15 is 0 Å². The van der Waals surface area contributed by atoms with Crippen LogP contribution in [0.3, 0.4) is 0 Å². The molecule has 0 aliphatic carbocycles. The molecule has 2 rings (SSSR count). The fourth-order valence-corrected chi connectivity index (χ4v) is 2.51. The fourth-order valence-electron chi connectivity index (χ4n) is 2.51. The predicted molar refractivity (Wildman–Crippen MR) is 71.7 cm³/mol. The van der Waals surface area contributed by atoms with Crippen molar-refractivity contribution in [1.82, 2.24) is 4.90 Å². The number of benzene rings is 1. The summed E-state index contributed by atoms with van der Waals surface area (Å²) in [5.74, 6) is -0.407. The number of rotatable bonds is 4. The molecule has 0 saturated carbocycles. The number of nitrogens with two attached hydrogens (primary N) is 1. The number of carbonyl (C=O) groups excluding carboxylic acids is 1. The number of aliphatic hydroxyl groups is 1. The van der Waals surface area contributed by atoms with E-state index in [1.165, 1.54) is 0 Å². The van der Waals surface area contributed by atoms with E-state index in [9.17, 15) is 9.90 Å². The van der Waals surface area contributed by atoms with Gasteiger partial charge in [0.1, 0.15) is 0 Å². The van der Waals surface area contributed by atoms with Gasteiger partial charge in [-0.25, -0.2) is 0 Å². The first-order valence-electron chi connectivity index (χ1n) is 6.46. The van der Waals surface area contributed by atoms with Crippen molar-refractivity contribution in [2.75, 3.05) is 19.7 Å². The average molecular weight is 264 g/mol. The third kappa shape index (κ3) is 3.53. The maximum absolute atomic E-state index is 11.4. The minimum atomic E-state index is -0.407. The molecule has 0 aromatic heterocycles. The molecule has 0 radical (unpaired) electrons. The van der Waals surface area contributed by atoms with Gasteiger partial charge in [0.05, 0.1) is 18.8 Å². The molecule has 19 heavy (non-hydrogen) atoms. The number of carbonyl (C=O) groups is 1. The van der Waals surface area contributed by atoms with Gasteiger partial charge in [-0.05, 0) is 18.6 Å². The van der Waals surface area contributed by atoms with Gasteiger partial charge in [0.2, 0.25) is 5.91 Å². The van der Waals surface area contributed by atoms with Crippen LogP contribution < -0.4 is 5.73 Å². The number of ether oxygens (including phenoxy) is 1. The summed E-state index contributed by atoms with van der Waals surface area (Å²) in [6.07, 6.45) is -0.0869. The second-order valence-electron chi connectivity index (χ2n) is 4.97. The number of primary amides is 1. The summed E-state index contributed by atoms with van der Waals surface area (Å²) in [6.45, 7) is 4.08. The average Bonchev–Trinajstić information content (AvgIpc) is 2.38. The number of amides is 1. The Morgan fingerprint density at radius 3 is 2.89 bits per heavy atom. The predicted octanol–water partition coefficient (Wildman–Crippen LogP) is 0.367. The van der Waals surface area contributed by atoms with Crippen LogP contribution in [-0.2, 0) is 11.3 Å². The van der Waals surface area contributed by atoms with E-state index in [4.69, 9.17) is 10.5 Å². The molecule has 5 nitrogen and oxygen atoms in total. The number of hydrogen-bond acceptors (Lipinski definition) is 4. The number of nitrogens with zero attached hydrogens (tertiary/aromatic N) is 1. The van der Waals surface area contributed by atoms with Crippen molar-refractivity contribution in [3.63, 3.8) is 0 Å². The second-order valence-corrected chi connectivity index (χ2v) is 4.97. The molecule has 1 saturated heterocycles. The Hall–Kier alpha value is -1.43. The Bertz CT molecular complexity index is 450. The van der Waals surface area contributed by atoms with Crippen LogP contribution in [-0.4, -0.2) is 47.8 Å². The van der Waals surface area contributed by atoms with E-state index in [1.807, 2.05) is 25.1 Å². The van der Waals surface area contributed by atoms with E-state index in [0.29, 0.717) is 18.7 Å². The maximum atomic E-state index is 11.4. The van der Waals surface area contributed by atoms with Gasteiger partial charge >= 0.3 is 0 Å². The lowest BCUT2D eigenvalue weighted by molar-refractivity contribution is -0.0972. The number of aliphatic hydroxyl groups excluding tert-OH is 1. The first-order chi connectivity index (χ1) is 9.10. The summed E-state index contributed by atoms with van der Waals surface area (Å²) in [5, 5.41) is 9.21. The molecule has 1 aliphatic heterocycles. The summed E-state index contributed by atoms with van der Waals surface area (Å²) in [5.41, 5.74) is 6.85. The van der Waals surface area contributed by atoms with Crippen LogP contribution in [0.4, 0.5) is 0 Å². The Balaban J connectivity index is 2.10. The molecule has 1 aromatic carbocycles. The Labute approximate surface area is 113 Å². The molecule has 3 N–H and O–H groups in total. The van der Waals surface area contributed by atoms with Crippen molar-refractivity contribution in [3.8, 4) is 0 Å². The van der Waals surface area contributed by atoms with Crippen LogP contribution in [0.2, 0.25) is 0 Å². The minimum absolute atomic E-state index is 0.0122. The highest BCUT2D eigenvalue weighted by atomic mass is 16.5. The van der Waals surface area contributed by atoms with Crippen LogP contribution in [0.5, 0.6) is 0 Å². The lowest BCUT2D eigenvalue weighted by Crippen LogP contribution is -2.47. The first-order valence-corrected chi connectivity index (χ1v) is 6.46. The lowest BCUT2D eigenvalue weighted by Gasteiger charge is -2.36. The third-order valence-electron chi connectivity index (χ3n) is 3.28. The van der Waals surface area contributed by atoms with Gasteiger partial charge in [-0.1, -0.05) is 18.2 Å². The van der Waals surface area contributed by atoms with E-state index < -0.39 is 5.91 Å². The van der Waals surface area contributed by atoms with Gasteiger partial charge in [0.15, 0.2) is 0 Å². The smallest absolute Gasteiger partial charge is 0.249 e.